The van der Waals surface area contributed by atoms with Gasteiger partial charge < -0.3 is 5.32 Å². The average molecular weight is 253 g/mol. The Bertz CT molecular complexity index is 444. The zero-order chi connectivity index (χ0) is 12.4. The summed E-state index contributed by atoms with van der Waals surface area (Å²) in [5.74, 6) is -0.192. The highest BCUT2D eigenvalue weighted by Crippen LogP contribution is 2.23. The van der Waals surface area contributed by atoms with Crippen LogP contribution in [0.3, 0.4) is 0 Å². The average Bonchev–Trinajstić information content (AvgIpc) is 2.28. The molecule has 5 heteroatoms. The lowest BCUT2D eigenvalue weighted by molar-refractivity contribution is -0.119. The Kier molecular flexibility index (Phi) is 3.33. The van der Waals surface area contributed by atoms with Crippen LogP contribution in [0.2, 0.25) is 5.02 Å². The van der Waals surface area contributed by atoms with Crippen molar-refractivity contribution in [1.29, 1.82) is 0 Å². The van der Waals surface area contributed by atoms with Crippen molar-refractivity contribution in [3.05, 3.63) is 29.3 Å². The van der Waals surface area contributed by atoms with Crippen molar-refractivity contribution in [3.8, 4) is 0 Å². The van der Waals surface area contributed by atoms with Gasteiger partial charge in [-0.3, -0.25) is 4.79 Å². The number of nitrogens with zero attached hydrogens (tertiary/aromatic N) is 1. The molecule has 1 aliphatic rings. The number of amides is 3. The number of imide groups is 1. The summed E-state index contributed by atoms with van der Waals surface area (Å²) >= 11 is 5.85. The van der Waals surface area contributed by atoms with Gasteiger partial charge >= 0.3 is 6.03 Å². The van der Waals surface area contributed by atoms with E-state index >= 15 is 0 Å². The zero-order valence-electron chi connectivity index (χ0n) is 9.44. The van der Waals surface area contributed by atoms with E-state index < -0.39 is 0 Å². The van der Waals surface area contributed by atoms with Crippen molar-refractivity contribution in [1.82, 2.24) is 5.32 Å². The number of halogens is 1. The van der Waals surface area contributed by atoms with Crippen LogP contribution < -0.4 is 10.2 Å². The molecule has 3 amide bonds. The third-order valence-electron chi connectivity index (χ3n) is 2.76. The molecule has 1 unspecified atom stereocenters. The van der Waals surface area contributed by atoms with Crippen molar-refractivity contribution in [2.24, 2.45) is 0 Å². The number of rotatable bonds is 2. The topological polar surface area (TPSA) is 49.4 Å². The van der Waals surface area contributed by atoms with Crippen molar-refractivity contribution in [2.75, 3.05) is 4.90 Å². The maximum absolute atomic E-state index is 11.9. The Morgan fingerprint density at radius 1 is 1.47 bits per heavy atom. The van der Waals surface area contributed by atoms with Crippen LogP contribution in [0, 0.1) is 0 Å². The molecule has 1 N–H and O–H groups in total. The van der Waals surface area contributed by atoms with Gasteiger partial charge in [0, 0.05) is 17.5 Å². The van der Waals surface area contributed by atoms with Gasteiger partial charge in [-0.05, 0) is 24.6 Å². The molecule has 1 atom stereocenters. The third kappa shape index (κ3) is 2.42. The van der Waals surface area contributed by atoms with Gasteiger partial charge in [-0.15, -0.1) is 0 Å². The number of urea groups is 1. The minimum Gasteiger partial charge on any atom is -0.334 e. The summed E-state index contributed by atoms with van der Waals surface area (Å²) in [6.07, 6.45) is 1.08. The Balaban J connectivity index is 2.27. The van der Waals surface area contributed by atoms with Gasteiger partial charge in [0.2, 0.25) is 5.91 Å². The molecule has 0 saturated carbocycles. The van der Waals surface area contributed by atoms with E-state index in [1.165, 1.54) is 0 Å². The van der Waals surface area contributed by atoms with E-state index in [0.717, 1.165) is 11.3 Å². The first-order valence-electron chi connectivity index (χ1n) is 5.51. The molecule has 0 aliphatic carbocycles. The van der Waals surface area contributed by atoms with E-state index in [2.05, 4.69) is 5.32 Å². The molecule has 17 heavy (non-hydrogen) atoms. The number of carbonyl (C=O) groups excluding carboxylic acids is 2. The van der Waals surface area contributed by atoms with Crippen LogP contribution in [0.4, 0.5) is 10.5 Å². The first-order chi connectivity index (χ1) is 8.11. The Labute approximate surface area is 105 Å². The quantitative estimate of drug-likeness (QED) is 0.880. The number of hydrogen-bond acceptors (Lipinski definition) is 2. The number of nitrogens with one attached hydrogen (secondary N) is 1. The number of benzene rings is 1. The first-order valence-corrected chi connectivity index (χ1v) is 5.88. The highest BCUT2D eigenvalue weighted by atomic mass is 35.5. The summed E-state index contributed by atoms with van der Waals surface area (Å²) in [6, 6.07) is 6.26. The fourth-order valence-electron chi connectivity index (χ4n) is 1.83. The van der Waals surface area contributed by atoms with Gasteiger partial charge in [0.1, 0.15) is 0 Å². The number of anilines is 1. The van der Waals surface area contributed by atoms with Gasteiger partial charge in [-0.1, -0.05) is 24.6 Å². The van der Waals surface area contributed by atoms with Crippen molar-refractivity contribution < 1.29 is 9.59 Å². The highest BCUT2D eigenvalue weighted by molar-refractivity contribution is 6.31. The minimum atomic E-state index is -0.379. The van der Waals surface area contributed by atoms with Crippen molar-refractivity contribution in [3.63, 3.8) is 0 Å². The summed E-state index contributed by atoms with van der Waals surface area (Å²) in [6.45, 7) is 1.94. The van der Waals surface area contributed by atoms with E-state index in [9.17, 15) is 9.59 Å². The smallest absolute Gasteiger partial charge is 0.328 e. The van der Waals surface area contributed by atoms with Gasteiger partial charge in [-0.2, -0.15) is 0 Å². The van der Waals surface area contributed by atoms with E-state index in [1.54, 1.807) is 24.3 Å². The molecule has 1 saturated heterocycles. The summed E-state index contributed by atoms with van der Waals surface area (Å²) < 4.78 is 0. The maximum Gasteiger partial charge on any atom is 0.328 e. The number of carbonyl (C=O) groups is 2. The van der Waals surface area contributed by atoms with Crippen LogP contribution in [0.15, 0.2) is 24.3 Å². The van der Waals surface area contributed by atoms with Crippen LogP contribution >= 0.6 is 11.6 Å². The van der Waals surface area contributed by atoms with E-state index in [1.807, 2.05) is 6.92 Å². The molecule has 0 radical (unpaired) electrons. The monoisotopic (exact) mass is 252 g/mol. The van der Waals surface area contributed by atoms with Crippen LogP contribution in [0.25, 0.3) is 0 Å². The molecule has 0 aromatic heterocycles. The molecule has 1 fully saturated rings. The maximum atomic E-state index is 11.9. The molecule has 90 valence electrons. The third-order valence-corrected chi connectivity index (χ3v) is 3.00. The van der Waals surface area contributed by atoms with Gasteiger partial charge in [0.05, 0.1) is 5.69 Å². The predicted octanol–water partition coefficient (Wildman–Crippen LogP) is 2.56. The summed E-state index contributed by atoms with van der Waals surface area (Å²) in [5, 5.41) is 3.29. The Hall–Kier alpha value is -1.55. The largest absolute Gasteiger partial charge is 0.334 e. The Morgan fingerprint density at radius 3 is 2.82 bits per heavy atom. The fraction of sp³-hybridized carbons (Fsp3) is 0.333. The van der Waals surface area contributed by atoms with Crippen LogP contribution in [0.5, 0.6) is 0 Å². The van der Waals surface area contributed by atoms with E-state index in [4.69, 9.17) is 11.6 Å². The predicted molar refractivity (Wildman–Crippen MR) is 66.2 cm³/mol. The SMILES string of the molecule is CCC1CC(=O)N(c2cccc(Cl)c2)C(=O)N1. The van der Waals surface area contributed by atoms with Crippen LogP contribution in [-0.2, 0) is 4.79 Å². The lowest BCUT2D eigenvalue weighted by Crippen LogP contribution is -2.54. The second kappa shape index (κ2) is 4.75. The van der Waals surface area contributed by atoms with Crippen LogP contribution in [0.1, 0.15) is 19.8 Å². The first kappa shape index (κ1) is 11.9. The van der Waals surface area contributed by atoms with Crippen LogP contribution in [-0.4, -0.2) is 18.0 Å². The van der Waals surface area contributed by atoms with Gasteiger partial charge in [0.25, 0.3) is 0 Å². The second-order valence-corrected chi connectivity index (χ2v) is 4.40. The molecular weight excluding hydrogens is 240 g/mol. The summed E-state index contributed by atoms with van der Waals surface area (Å²) in [4.78, 5) is 24.9. The molecule has 0 spiro atoms. The summed E-state index contributed by atoms with van der Waals surface area (Å²) in [5.41, 5.74) is 0.509. The molecule has 1 aliphatic heterocycles. The fourth-order valence-corrected chi connectivity index (χ4v) is 2.01. The highest BCUT2D eigenvalue weighted by Gasteiger charge is 2.32. The lowest BCUT2D eigenvalue weighted by Gasteiger charge is -2.30. The van der Waals surface area contributed by atoms with E-state index in [-0.39, 0.29) is 18.0 Å². The molecule has 2 rings (SSSR count). The molecule has 1 aromatic rings. The van der Waals surface area contributed by atoms with Gasteiger partial charge in [0.15, 0.2) is 0 Å². The number of hydrogen-bond donors (Lipinski definition) is 1. The molecule has 1 heterocycles. The molecule has 0 bridgehead atoms. The van der Waals surface area contributed by atoms with E-state index in [0.29, 0.717) is 17.1 Å². The molecule has 1 aromatic carbocycles. The van der Waals surface area contributed by atoms with Crippen molar-refractivity contribution in [2.45, 2.75) is 25.8 Å². The molecular formula is C12H13ClN2O2. The Morgan fingerprint density at radius 2 is 2.24 bits per heavy atom. The standard InChI is InChI=1S/C12H13ClN2O2/c1-2-9-7-11(16)15(12(17)14-9)10-5-3-4-8(13)6-10/h3-6,9H,2,7H2,1H3,(H,14,17). The van der Waals surface area contributed by atoms with Gasteiger partial charge in [-0.25, -0.2) is 9.69 Å². The molecule has 4 nitrogen and oxygen atoms in total. The lowest BCUT2D eigenvalue weighted by atomic mass is 10.1. The van der Waals surface area contributed by atoms with Crippen molar-refractivity contribution >= 4 is 29.2 Å². The minimum absolute atomic E-state index is 0.0644. The summed E-state index contributed by atoms with van der Waals surface area (Å²) in [7, 11) is 0. The normalized spacial score (nSPS) is 20.4. The zero-order valence-corrected chi connectivity index (χ0v) is 10.2. The second-order valence-electron chi connectivity index (χ2n) is 3.97.